The van der Waals surface area contributed by atoms with Gasteiger partial charge in [0.2, 0.25) is 0 Å². The minimum atomic E-state index is 0.646. The van der Waals surface area contributed by atoms with E-state index in [9.17, 15) is 0 Å². The van der Waals surface area contributed by atoms with Crippen molar-refractivity contribution in [2.24, 2.45) is 11.3 Å². The van der Waals surface area contributed by atoms with Gasteiger partial charge < -0.3 is 5.32 Å². The van der Waals surface area contributed by atoms with E-state index in [-0.39, 0.29) is 0 Å². The highest BCUT2D eigenvalue weighted by Crippen LogP contribution is 2.54. The van der Waals surface area contributed by atoms with Crippen LogP contribution in [-0.4, -0.2) is 12.6 Å². The van der Waals surface area contributed by atoms with Crippen molar-refractivity contribution in [3.8, 4) is 0 Å². The maximum absolute atomic E-state index is 3.46. The van der Waals surface area contributed by atoms with E-state index in [0.29, 0.717) is 11.5 Å². The highest BCUT2D eigenvalue weighted by atomic mass is 14.9. The third-order valence-corrected chi connectivity index (χ3v) is 3.05. The minimum absolute atomic E-state index is 0.646. The van der Waals surface area contributed by atoms with Crippen molar-refractivity contribution in [2.75, 3.05) is 6.54 Å². The van der Waals surface area contributed by atoms with Crippen molar-refractivity contribution in [2.45, 2.75) is 46.6 Å². The van der Waals surface area contributed by atoms with Crippen LogP contribution in [0.1, 0.15) is 40.5 Å². The van der Waals surface area contributed by atoms with Gasteiger partial charge in [0.25, 0.3) is 0 Å². The third kappa shape index (κ3) is 2.48. The van der Waals surface area contributed by atoms with E-state index < -0.39 is 0 Å². The molecule has 1 heteroatoms. The Labute approximate surface area is 70.6 Å². The molecule has 0 amide bonds. The lowest BCUT2D eigenvalue weighted by Crippen LogP contribution is -2.25. The van der Waals surface area contributed by atoms with E-state index in [1.54, 1.807) is 0 Å². The summed E-state index contributed by atoms with van der Waals surface area (Å²) in [5.74, 6) is 0.969. The summed E-state index contributed by atoms with van der Waals surface area (Å²) in [6.45, 7) is 10.4. The van der Waals surface area contributed by atoms with Gasteiger partial charge in [0.05, 0.1) is 0 Å². The van der Waals surface area contributed by atoms with Gasteiger partial charge in [0, 0.05) is 6.04 Å². The van der Waals surface area contributed by atoms with Crippen LogP contribution in [0, 0.1) is 11.3 Å². The van der Waals surface area contributed by atoms with Crippen LogP contribution < -0.4 is 5.32 Å². The van der Waals surface area contributed by atoms with Gasteiger partial charge in [0.15, 0.2) is 0 Å². The average molecular weight is 155 g/mol. The summed E-state index contributed by atoms with van der Waals surface area (Å²) in [5.41, 5.74) is 0.682. The quantitative estimate of drug-likeness (QED) is 0.657. The van der Waals surface area contributed by atoms with Gasteiger partial charge in [-0.05, 0) is 30.7 Å². The Bertz CT molecular complexity index is 131. The first-order chi connectivity index (χ1) is 5.04. The lowest BCUT2D eigenvalue weighted by molar-refractivity contribution is 0.437. The van der Waals surface area contributed by atoms with Gasteiger partial charge in [-0.3, -0.25) is 0 Å². The Kier molecular flexibility index (Phi) is 2.58. The molecule has 0 radical (unpaired) electrons. The lowest BCUT2D eigenvalue weighted by Gasteiger charge is -2.12. The summed E-state index contributed by atoms with van der Waals surface area (Å²) in [6.07, 6.45) is 2.79. The van der Waals surface area contributed by atoms with Crippen LogP contribution >= 0.6 is 0 Å². The molecule has 66 valence electrons. The zero-order valence-electron chi connectivity index (χ0n) is 8.28. The second-order valence-electron chi connectivity index (χ2n) is 4.62. The number of hydrogen-bond acceptors (Lipinski definition) is 1. The Morgan fingerprint density at radius 3 is 2.45 bits per heavy atom. The van der Waals surface area contributed by atoms with E-state index in [4.69, 9.17) is 0 Å². The summed E-state index contributed by atoms with van der Waals surface area (Å²) in [6, 6.07) is 0.646. The van der Waals surface area contributed by atoms with Crippen LogP contribution in [0.25, 0.3) is 0 Å². The molecule has 0 spiro atoms. The number of hydrogen-bond donors (Lipinski definition) is 1. The van der Waals surface area contributed by atoms with E-state index in [1.807, 2.05) is 0 Å². The summed E-state index contributed by atoms with van der Waals surface area (Å²) < 4.78 is 0. The second kappa shape index (κ2) is 3.14. The molecule has 0 aromatic carbocycles. The van der Waals surface area contributed by atoms with Crippen LogP contribution in [-0.2, 0) is 0 Å². The lowest BCUT2D eigenvalue weighted by atomic mass is 10.0. The molecule has 0 aromatic rings. The fraction of sp³-hybridized carbons (Fsp3) is 1.00. The van der Waals surface area contributed by atoms with Gasteiger partial charge in [-0.25, -0.2) is 0 Å². The van der Waals surface area contributed by atoms with Crippen molar-refractivity contribution in [3.05, 3.63) is 0 Å². The molecule has 1 nitrogen and oxygen atoms in total. The Balaban J connectivity index is 2.04. The number of nitrogens with one attached hydrogen (secondary N) is 1. The first-order valence-corrected chi connectivity index (χ1v) is 4.78. The largest absolute Gasteiger partial charge is 0.315 e. The monoisotopic (exact) mass is 155 g/mol. The SMILES string of the molecule is CC(C)NCCC1(C)CC1C. The summed E-state index contributed by atoms with van der Waals surface area (Å²) in [7, 11) is 0. The van der Waals surface area contributed by atoms with Crippen LogP contribution in [0.4, 0.5) is 0 Å². The van der Waals surface area contributed by atoms with Gasteiger partial charge in [0.1, 0.15) is 0 Å². The Hall–Kier alpha value is -0.0400. The molecule has 0 aliphatic heterocycles. The van der Waals surface area contributed by atoms with Crippen LogP contribution in [0.5, 0.6) is 0 Å². The minimum Gasteiger partial charge on any atom is -0.315 e. The van der Waals surface area contributed by atoms with E-state index in [1.165, 1.54) is 19.4 Å². The van der Waals surface area contributed by atoms with Crippen LogP contribution in [0.15, 0.2) is 0 Å². The molecule has 11 heavy (non-hydrogen) atoms. The van der Waals surface area contributed by atoms with Crippen molar-refractivity contribution in [1.29, 1.82) is 0 Å². The average Bonchev–Trinajstić information content (AvgIpc) is 2.39. The van der Waals surface area contributed by atoms with Crippen LogP contribution in [0.2, 0.25) is 0 Å². The number of rotatable bonds is 4. The molecule has 0 bridgehead atoms. The predicted octanol–water partition coefficient (Wildman–Crippen LogP) is 2.42. The summed E-state index contributed by atoms with van der Waals surface area (Å²) in [5, 5.41) is 3.46. The molecule has 2 atom stereocenters. The maximum atomic E-state index is 3.46. The second-order valence-corrected chi connectivity index (χ2v) is 4.62. The highest BCUT2D eigenvalue weighted by molar-refractivity contribution is 4.96. The highest BCUT2D eigenvalue weighted by Gasteiger charge is 2.45. The first-order valence-electron chi connectivity index (χ1n) is 4.78. The summed E-state index contributed by atoms with van der Waals surface area (Å²) >= 11 is 0. The zero-order valence-corrected chi connectivity index (χ0v) is 8.28. The standard InChI is InChI=1S/C10H21N/c1-8(2)11-6-5-10(4)7-9(10)3/h8-9,11H,5-7H2,1-4H3. The topological polar surface area (TPSA) is 12.0 Å². The third-order valence-electron chi connectivity index (χ3n) is 3.05. The molecule has 1 aliphatic carbocycles. The molecule has 0 aromatic heterocycles. The van der Waals surface area contributed by atoms with E-state index in [2.05, 4.69) is 33.0 Å². The van der Waals surface area contributed by atoms with Crippen molar-refractivity contribution in [3.63, 3.8) is 0 Å². The molecule has 1 aliphatic rings. The van der Waals surface area contributed by atoms with Crippen molar-refractivity contribution in [1.82, 2.24) is 5.32 Å². The molecule has 1 N–H and O–H groups in total. The molecular formula is C10H21N. The normalized spacial score (nSPS) is 36.3. The predicted molar refractivity (Wildman–Crippen MR) is 49.6 cm³/mol. The first kappa shape index (κ1) is 9.05. The fourth-order valence-corrected chi connectivity index (χ4v) is 1.64. The zero-order chi connectivity index (χ0) is 8.48. The Morgan fingerprint density at radius 1 is 1.55 bits per heavy atom. The molecule has 0 saturated heterocycles. The van der Waals surface area contributed by atoms with E-state index >= 15 is 0 Å². The van der Waals surface area contributed by atoms with Gasteiger partial charge >= 0.3 is 0 Å². The van der Waals surface area contributed by atoms with Crippen molar-refractivity contribution >= 4 is 0 Å². The maximum Gasteiger partial charge on any atom is 0.00103 e. The molecule has 1 fully saturated rings. The Morgan fingerprint density at radius 2 is 2.09 bits per heavy atom. The van der Waals surface area contributed by atoms with Crippen molar-refractivity contribution < 1.29 is 0 Å². The van der Waals surface area contributed by atoms with E-state index in [0.717, 1.165) is 5.92 Å². The van der Waals surface area contributed by atoms with Gasteiger partial charge in [-0.2, -0.15) is 0 Å². The molecule has 0 heterocycles. The van der Waals surface area contributed by atoms with Gasteiger partial charge in [-0.1, -0.05) is 27.7 Å². The van der Waals surface area contributed by atoms with Gasteiger partial charge in [-0.15, -0.1) is 0 Å². The fourth-order valence-electron chi connectivity index (χ4n) is 1.64. The molecule has 2 unspecified atom stereocenters. The summed E-state index contributed by atoms with van der Waals surface area (Å²) in [4.78, 5) is 0. The van der Waals surface area contributed by atoms with Crippen LogP contribution in [0.3, 0.4) is 0 Å². The molecular weight excluding hydrogens is 134 g/mol. The molecule has 1 rings (SSSR count). The molecule has 1 saturated carbocycles. The smallest absolute Gasteiger partial charge is 0.00103 e.